The Morgan fingerprint density at radius 1 is 0.627 bits per heavy atom. The van der Waals surface area contributed by atoms with Gasteiger partial charge in [-0.3, -0.25) is 9.59 Å². The monoisotopic (exact) mass is 818 g/mol. The van der Waals surface area contributed by atoms with Gasteiger partial charge in [-0.2, -0.15) is 26.3 Å². The molecule has 4 aromatic rings. The molecule has 0 aliphatic heterocycles. The number of carbonyl (C=O) groups is 2. The molecule has 0 aliphatic rings. The van der Waals surface area contributed by atoms with Crippen LogP contribution in [0.3, 0.4) is 0 Å². The van der Waals surface area contributed by atoms with Crippen LogP contribution < -0.4 is 10.6 Å². The van der Waals surface area contributed by atoms with Crippen LogP contribution >= 0.6 is 34.5 Å². The summed E-state index contributed by atoms with van der Waals surface area (Å²) in [7, 11) is -8.25. The van der Waals surface area contributed by atoms with Gasteiger partial charge in [-0.1, -0.05) is 29.3 Å². The van der Waals surface area contributed by atoms with Crippen LogP contribution in [0.1, 0.15) is 39.1 Å². The Morgan fingerprint density at radius 3 is 1.43 bits per heavy atom. The number of anilines is 2. The Hall–Kier alpha value is -3.78. The van der Waals surface area contributed by atoms with E-state index in [4.69, 9.17) is 23.2 Å². The number of nitrogens with one attached hydrogen (secondary N) is 2. The maximum absolute atomic E-state index is 12.7. The summed E-state index contributed by atoms with van der Waals surface area (Å²) in [4.78, 5) is 31.1. The van der Waals surface area contributed by atoms with E-state index in [9.17, 15) is 52.8 Å². The zero-order valence-electron chi connectivity index (χ0n) is 26.5. The average molecular weight is 820 g/mol. The smallest absolute Gasteiger partial charge is 0.309 e. The van der Waals surface area contributed by atoms with E-state index in [2.05, 4.69) is 20.6 Å². The number of benzene rings is 2. The molecule has 0 aliphatic carbocycles. The topological polar surface area (TPSA) is 152 Å². The van der Waals surface area contributed by atoms with E-state index in [-0.39, 0.29) is 14.9 Å². The van der Waals surface area contributed by atoms with Gasteiger partial charge in [0.15, 0.2) is 30.5 Å². The zero-order chi connectivity index (χ0) is 38.8. The molecule has 2 amide bonds. The molecule has 0 radical (unpaired) electrons. The molecular formula is C30H26Cl2F6N4O6S3. The first kappa shape index (κ1) is 41.6. The minimum atomic E-state index is -4.69. The molecule has 2 aromatic carbocycles. The van der Waals surface area contributed by atoms with Crippen molar-refractivity contribution in [2.75, 3.05) is 10.6 Å². The van der Waals surface area contributed by atoms with Gasteiger partial charge in [0, 0.05) is 15.4 Å². The second kappa shape index (κ2) is 15.1. The first-order valence-electron chi connectivity index (χ1n) is 13.9. The number of amides is 2. The minimum absolute atomic E-state index is 0.132. The number of hydrogen-bond acceptors (Lipinski definition) is 9. The van der Waals surface area contributed by atoms with Crippen molar-refractivity contribution >= 4 is 77.0 Å². The summed E-state index contributed by atoms with van der Waals surface area (Å²) in [6, 6.07) is 13.4. The van der Waals surface area contributed by atoms with Gasteiger partial charge in [0.2, 0.25) is 11.8 Å². The summed E-state index contributed by atoms with van der Waals surface area (Å²) in [6.45, 7) is 4.62. The molecule has 10 nitrogen and oxygen atoms in total. The van der Waals surface area contributed by atoms with E-state index >= 15 is 0 Å². The van der Waals surface area contributed by atoms with Crippen LogP contribution in [-0.4, -0.2) is 48.1 Å². The number of thiazole rings is 1. The van der Waals surface area contributed by atoms with Crippen molar-refractivity contribution in [2.45, 2.75) is 59.3 Å². The van der Waals surface area contributed by atoms with Crippen molar-refractivity contribution in [2.24, 2.45) is 0 Å². The lowest BCUT2D eigenvalue weighted by atomic mass is 10.2. The Morgan fingerprint density at radius 2 is 1.04 bits per heavy atom. The second-order valence-electron chi connectivity index (χ2n) is 11.3. The highest BCUT2D eigenvalue weighted by molar-refractivity contribution is 7.94. The number of hydrogen-bond donors (Lipinski definition) is 2. The maximum Gasteiger partial charge on any atom is 0.434 e. The van der Waals surface area contributed by atoms with Crippen molar-refractivity contribution in [1.29, 1.82) is 0 Å². The van der Waals surface area contributed by atoms with E-state index < -0.39 is 70.5 Å². The summed E-state index contributed by atoms with van der Waals surface area (Å²) >= 11 is 12.0. The van der Waals surface area contributed by atoms with Gasteiger partial charge in [-0.05, 0) is 88.4 Å². The molecular weight excluding hydrogens is 793 g/mol. The summed E-state index contributed by atoms with van der Waals surface area (Å²) in [5, 5.41) is 5.29. The van der Waals surface area contributed by atoms with E-state index in [1.54, 1.807) is 0 Å². The summed E-state index contributed by atoms with van der Waals surface area (Å²) in [5.41, 5.74) is -2.36. The molecule has 0 saturated carbocycles. The number of carbonyl (C=O) groups excluding carboxylic acids is 2. The number of pyridine rings is 1. The molecule has 0 spiro atoms. The number of halogens is 8. The molecule has 0 saturated heterocycles. The minimum Gasteiger partial charge on any atom is -0.309 e. The van der Waals surface area contributed by atoms with E-state index in [1.165, 1.54) is 48.5 Å². The quantitative estimate of drug-likeness (QED) is 0.170. The summed E-state index contributed by atoms with van der Waals surface area (Å²) < 4.78 is 123. The molecule has 276 valence electrons. The SMILES string of the molecule is CC(C)(C(=O)Nc1cccc(C(F)(F)F)n1)S(=O)(=O)c1ccc(Cl)cc1.CC(C)(C(=O)Nc1nc(C(F)(F)F)cs1)S(=O)(=O)c1ccc(Cl)cc1. The second-order valence-corrected chi connectivity index (χ2v) is 18.0. The lowest BCUT2D eigenvalue weighted by Gasteiger charge is -2.23. The van der Waals surface area contributed by atoms with Gasteiger partial charge in [-0.15, -0.1) is 11.3 Å². The van der Waals surface area contributed by atoms with E-state index in [1.807, 2.05) is 0 Å². The molecule has 2 heterocycles. The van der Waals surface area contributed by atoms with Crippen molar-refractivity contribution in [3.8, 4) is 0 Å². The molecule has 2 aromatic heterocycles. The molecule has 51 heavy (non-hydrogen) atoms. The Kier molecular flexibility index (Phi) is 12.3. The first-order chi connectivity index (χ1) is 23.2. The van der Waals surface area contributed by atoms with Gasteiger partial charge in [0.05, 0.1) is 9.79 Å². The van der Waals surface area contributed by atoms with Gasteiger partial charge < -0.3 is 10.6 Å². The molecule has 4 rings (SSSR count). The summed E-state index contributed by atoms with van der Waals surface area (Å²) in [5.74, 6) is -2.41. The van der Waals surface area contributed by atoms with Crippen molar-refractivity contribution < 1.29 is 52.8 Å². The fourth-order valence-electron chi connectivity index (χ4n) is 3.70. The number of alkyl halides is 6. The van der Waals surface area contributed by atoms with Crippen LogP contribution in [-0.2, 0) is 41.6 Å². The van der Waals surface area contributed by atoms with Crippen LogP contribution in [0, 0.1) is 0 Å². The number of rotatable bonds is 8. The number of nitrogens with zero attached hydrogens (tertiary/aromatic N) is 2. The maximum atomic E-state index is 12.7. The standard InChI is InChI=1S/C16H14ClF3N2O3S.C14H12ClF3N2O3S2/c1-15(2,26(24,25)11-8-6-10(17)7-9-11)14(23)22-13-5-3-4-12(21-13)16(18,19)20;1-13(2,25(22,23)9-5-3-8(15)4-6-9)11(21)20-12-19-10(7-24-12)14(16,17)18/h3-9H,1-2H3,(H,21,22,23);3-7H,1-2H3,(H,19,20,21). The van der Waals surface area contributed by atoms with Gasteiger partial charge in [0.25, 0.3) is 0 Å². The number of sulfone groups is 2. The molecule has 2 N–H and O–H groups in total. The molecule has 0 atom stereocenters. The molecule has 0 bridgehead atoms. The van der Waals surface area contributed by atoms with Crippen LogP contribution in [0.4, 0.5) is 37.3 Å². The highest BCUT2D eigenvalue weighted by Crippen LogP contribution is 2.34. The largest absolute Gasteiger partial charge is 0.434 e. The Labute approximate surface area is 302 Å². The van der Waals surface area contributed by atoms with Crippen LogP contribution in [0.2, 0.25) is 10.0 Å². The van der Waals surface area contributed by atoms with Crippen molar-refractivity contribution in [3.05, 3.63) is 93.5 Å². The third kappa shape index (κ3) is 9.56. The van der Waals surface area contributed by atoms with Gasteiger partial charge in [-0.25, -0.2) is 26.8 Å². The molecule has 0 unspecified atom stereocenters. The third-order valence-corrected chi connectivity index (χ3v) is 13.1. The Balaban J connectivity index is 0.000000276. The molecule has 0 fully saturated rings. The summed E-state index contributed by atoms with van der Waals surface area (Å²) in [6.07, 6.45) is -9.34. The fourth-order valence-corrected chi connectivity index (χ4v) is 7.42. The Bertz CT molecular complexity index is 2120. The third-order valence-electron chi connectivity index (χ3n) is 6.98. The van der Waals surface area contributed by atoms with Crippen LogP contribution in [0.5, 0.6) is 0 Å². The lowest BCUT2D eigenvalue weighted by molar-refractivity contribution is -0.141. The van der Waals surface area contributed by atoms with Crippen molar-refractivity contribution in [3.63, 3.8) is 0 Å². The highest BCUT2D eigenvalue weighted by atomic mass is 35.5. The van der Waals surface area contributed by atoms with Gasteiger partial charge >= 0.3 is 12.4 Å². The first-order valence-corrected chi connectivity index (χ1v) is 18.5. The molecule has 21 heteroatoms. The van der Waals surface area contributed by atoms with Gasteiger partial charge in [0.1, 0.15) is 21.0 Å². The predicted molar refractivity (Wildman–Crippen MR) is 179 cm³/mol. The number of aromatic nitrogens is 2. The average Bonchev–Trinajstić information content (AvgIpc) is 3.51. The van der Waals surface area contributed by atoms with E-state index in [0.717, 1.165) is 51.3 Å². The fraction of sp³-hybridized carbons (Fsp3) is 0.267. The van der Waals surface area contributed by atoms with E-state index in [0.29, 0.717) is 21.4 Å². The van der Waals surface area contributed by atoms with Crippen molar-refractivity contribution in [1.82, 2.24) is 9.97 Å². The lowest BCUT2D eigenvalue weighted by Crippen LogP contribution is -2.44. The van der Waals surface area contributed by atoms with Crippen LogP contribution in [0.15, 0.2) is 81.9 Å². The zero-order valence-corrected chi connectivity index (χ0v) is 30.5. The predicted octanol–water partition coefficient (Wildman–Crippen LogP) is 7.95. The normalized spacial score (nSPS) is 12.8. The highest BCUT2D eigenvalue weighted by Gasteiger charge is 2.44. The van der Waals surface area contributed by atoms with Crippen LogP contribution in [0.25, 0.3) is 0 Å².